The Balaban J connectivity index is 1.77. The van der Waals surface area contributed by atoms with Gasteiger partial charge in [-0.1, -0.05) is 34.5 Å². The van der Waals surface area contributed by atoms with Crippen molar-refractivity contribution in [3.05, 3.63) is 29.3 Å². The lowest BCUT2D eigenvalue weighted by Crippen LogP contribution is -2.60. The van der Waals surface area contributed by atoms with Gasteiger partial charge in [-0.2, -0.15) is 0 Å². The summed E-state index contributed by atoms with van der Waals surface area (Å²) < 4.78 is 10.9. The highest BCUT2D eigenvalue weighted by Crippen LogP contribution is 2.67. The summed E-state index contributed by atoms with van der Waals surface area (Å²) >= 11 is 17.6. The largest absolute Gasteiger partial charge is 0.507 e. The first-order valence-corrected chi connectivity index (χ1v) is 14.2. The molecule has 9 nitrogen and oxygen atoms in total. The second-order valence-electron chi connectivity index (χ2n) is 10.1. The number of phenols is 1. The number of alkyl halides is 3. The highest BCUT2D eigenvalue weighted by molar-refractivity contribution is 9.09. The van der Waals surface area contributed by atoms with Crippen molar-refractivity contribution in [1.29, 1.82) is 0 Å². The zero-order chi connectivity index (χ0) is 27.7. The topological polar surface area (TPSA) is 113 Å². The molecule has 2 aliphatic heterocycles. The molecule has 2 heterocycles. The third-order valence-corrected chi connectivity index (χ3v) is 10.3. The summed E-state index contributed by atoms with van der Waals surface area (Å²) in [5.74, 6) is -4.95. The van der Waals surface area contributed by atoms with Crippen LogP contribution in [0.2, 0.25) is 0 Å². The highest BCUT2D eigenvalue weighted by atomic mass is 79.9. The number of aromatic hydroxyl groups is 1. The number of carbonyl (C=O) groups excluding carboxylic acids is 4. The maximum Gasteiger partial charge on any atom is 0.254 e. The quantitative estimate of drug-likeness (QED) is 0.222. The number of methoxy groups -OCH3 is 2. The van der Waals surface area contributed by atoms with E-state index in [2.05, 4.69) is 15.9 Å². The monoisotopic (exact) mass is 628 g/mol. The minimum absolute atomic E-state index is 0.117. The van der Waals surface area contributed by atoms with E-state index < -0.39 is 45.2 Å². The fourth-order valence-corrected chi connectivity index (χ4v) is 8.15. The SMILES string of the molecule is CCCN1C(=O)C2CC=C3C(CC4(Cl)C(=O)N(CBr)C(=O)C4(Cl)C3c3c(O)cc(OC)cc3OC)C2C1=O. The average molecular weight is 630 g/mol. The molecule has 0 spiro atoms. The zero-order valence-corrected chi connectivity index (χ0v) is 24.1. The highest BCUT2D eigenvalue weighted by Gasteiger charge is 2.76. The van der Waals surface area contributed by atoms with Crippen molar-refractivity contribution in [3.63, 3.8) is 0 Å². The van der Waals surface area contributed by atoms with Gasteiger partial charge in [0, 0.05) is 30.2 Å². The van der Waals surface area contributed by atoms with E-state index in [9.17, 15) is 24.3 Å². The molecule has 0 aromatic heterocycles. The van der Waals surface area contributed by atoms with Crippen molar-refractivity contribution in [2.45, 2.75) is 41.9 Å². The lowest BCUT2D eigenvalue weighted by atomic mass is 9.56. The van der Waals surface area contributed by atoms with E-state index in [-0.39, 0.29) is 47.2 Å². The molecule has 204 valence electrons. The van der Waals surface area contributed by atoms with Gasteiger partial charge in [-0.25, -0.2) is 0 Å². The molecule has 0 bridgehead atoms. The zero-order valence-electron chi connectivity index (χ0n) is 21.0. The number of imide groups is 2. The van der Waals surface area contributed by atoms with Crippen molar-refractivity contribution < 1.29 is 33.8 Å². The van der Waals surface area contributed by atoms with E-state index in [1.54, 1.807) is 0 Å². The van der Waals surface area contributed by atoms with Gasteiger partial charge in [0.15, 0.2) is 9.75 Å². The van der Waals surface area contributed by atoms with Crippen LogP contribution in [0.1, 0.15) is 37.7 Å². The molecule has 2 aliphatic carbocycles. The molecule has 3 fully saturated rings. The van der Waals surface area contributed by atoms with E-state index >= 15 is 0 Å². The lowest BCUT2D eigenvalue weighted by molar-refractivity contribution is -0.141. The molecule has 1 aromatic rings. The van der Waals surface area contributed by atoms with Crippen molar-refractivity contribution >= 4 is 62.8 Å². The van der Waals surface area contributed by atoms with E-state index in [1.165, 1.54) is 31.3 Å². The van der Waals surface area contributed by atoms with Crippen LogP contribution >= 0.6 is 39.1 Å². The van der Waals surface area contributed by atoms with Crippen molar-refractivity contribution in [3.8, 4) is 17.2 Å². The van der Waals surface area contributed by atoms with Crippen LogP contribution in [0.5, 0.6) is 17.2 Å². The van der Waals surface area contributed by atoms with E-state index in [0.29, 0.717) is 24.3 Å². The number of nitrogens with zero attached hydrogens (tertiary/aromatic N) is 2. The van der Waals surface area contributed by atoms with Crippen LogP contribution in [0.3, 0.4) is 0 Å². The maximum atomic E-state index is 13.8. The second-order valence-corrected chi connectivity index (χ2v) is 11.8. The smallest absolute Gasteiger partial charge is 0.254 e. The maximum absolute atomic E-state index is 13.8. The first-order chi connectivity index (χ1) is 18.0. The normalized spacial score (nSPS) is 34.2. The molecule has 5 rings (SSSR count). The summed E-state index contributed by atoms with van der Waals surface area (Å²) in [6.45, 7) is 2.18. The second kappa shape index (κ2) is 9.41. The van der Waals surface area contributed by atoms with Crippen molar-refractivity contribution in [2.24, 2.45) is 17.8 Å². The van der Waals surface area contributed by atoms with Gasteiger partial charge in [0.05, 0.1) is 31.5 Å². The van der Waals surface area contributed by atoms with Gasteiger partial charge in [-0.05, 0) is 25.2 Å². The molecule has 6 unspecified atom stereocenters. The Morgan fingerprint density at radius 1 is 1.05 bits per heavy atom. The number of benzene rings is 1. The molecule has 4 aliphatic rings. The van der Waals surface area contributed by atoms with Crippen LogP contribution in [-0.2, 0) is 19.2 Å². The first kappa shape index (κ1) is 27.3. The van der Waals surface area contributed by atoms with E-state index in [4.69, 9.17) is 32.7 Å². The van der Waals surface area contributed by atoms with Gasteiger partial charge in [0.25, 0.3) is 11.8 Å². The van der Waals surface area contributed by atoms with Gasteiger partial charge in [-0.15, -0.1) is 23.2 Å². The number of halogens is 3. The fraction of sp³-hybridized carbons (Fsp3) is 0.538. The molecule has 6 atom stereocenters. The number of hydrogen-bond acceptors (Lipinski definition) is 7. The molecule has 1 aromatic carbocycles. The Bertz CT molecular complexity index is 1290. The number of ether oxygens (including phenoxy) is 2. The molecular formula is C26H27BrCl2N2O7. The molecule has 0 radical (unpaired) electrons. The number of phenolic OH excluding ortho intramolecular Hbond substituents is 1. The summed E-state index contributed by atoms with van der Waals surface area (Å²) in [5.41, 5.74) is 0.597. The number of carbonyl (C=O) groups is 4. The van der Waals surface area contributed by atoms with Crippen molar-refractivity contribution in [2.75, 3.05) is 26.2 Å². The van der Waals surface area contributed by atoms with E-state index in [0.717, 1.165) is 4.90 Å². The summed E-state index contributed by atoms with van der Waals surface area (Å²) in [4.78, 5) is 52.5. The van der Waals surface area contributed by atoms with Crippen LogP contribution in [0.25, 0.3) is 0 Å². The molecule has 1 N–H and O–H groups in total. The third-order valence-electron chi connectivity index (χ3n) is 8.39. The average Bonchev–Trinajstić information content (AvgIpc) is 3.22. The van der Waals surface area contributed by atoms with Crippen LogP contribution < -0.4 is 9.47 Å². The molecular weight excluding hydrogens is 603 g/mol. The van der Waals surface area contributed by atoms with Crippen LogP contribution in [0.15, 0.2) is 23.8 Å². The molecule has 4 amide bonds. The number of allylic oxidation sites excluding steroid dienone is 2. The number of rotatable bonds is 6. The predicted molar refractivity (Wildman–Crippen MR) is 142 cm³/mol. The number of hydrogen-bond donors (Lipinski definition) is 1. The third kappa shape index (κ3) is 3.35. The predicted octanol–water partition coefficient (Wildman–Crippen LogP) is 3.53. The first-order valence-electron chi connectivity index (χ1n) is 12.3. The number of likely N-dealkylation sites (tertiary alicyclic amines) is 2. The van der Waals surface area contributed by atoms with Crippen molar-refractivity contribution in [1.82, 2.24) is 9.80 Å². The Kier molecular flexibility index (Phi) is 6.76. The van der Waals surface area contributed by atoms with Gasteiger partial charge in [-0.3, -0.25) is 29.0 Å². The Labute approximate surface area is 238 Å². The summed E-state index contributed by atoms with van der Waals surface area (Å²) in [6, 6.07) is 2.90. The lowest BCUT2D eigenvalue weighted by Gasteiger charge is -2.51. The summed E-state index contributed by atoms with van der Waals surface area (Å²) in [5, 5.41) is 11.2. The number of amides is 4. The van der Waals surface area contributed by atoms with Gasteiger partial charge < -0.3 is 14.6 Å². The Hall–Kier alpha value is -2.30. The molecule has 2 saturated heterocycles. The summed E-state index contributed by atoms with van der Waals surface area (Å²) in [7, 11) is 2.82. The van der Waals surface area contributed by atoms with Crippen LogP contribution in [-0.4, -0.2) is 74.5 Å². The molecule has 38 heavy (non-hydrogen) atoms. The standard InChI is InChI=1S/C26H27BrCl2N2O7/c1-4-7-30-21(33)14-6-5-13-15(18(14)22(30)34)10-25(28)23(35)31(11-27)24(36)26(25,29)20(13)19-16(32)8-12(37-2)9-17(19)38-3/h5,8-9,14-15,18,20,32H,4,6-7,10-11H2,1-3H3. The van der Waals surface area contributed by atoms with Crippen LogP contribution in [0.4, 0.5) is 0 Å². The minimum Gasteiger partial charge on any atom is -0.507 e. The van der Waals surface area contributed by atoms with E-state index in [1.807, 2.05) is 13.0 Å². The fourth-order valence-electron chi connectivity index (χ4n) is 6.74. The van der Waals surface area contributed by atoms with Gasteiger partial charge in [0.1, 0.15) is 17.2 Å². The minimum atomic E-state index is -2.04. The van der Waals surface area contributed by atoms with Gasteiger partial charge >= 0.3 is 0 Å². The summed E-state index contributed by atoms with van der Waals surface area (Å²) in [6.07, 6.45) is 2.56. The Morgan fingerprint density at radius 2 is 1.76 bits per heavy atom. The van der Waals surface area contributed by atoms with Gasteiger partial charge in [0.2, 0.25) is 11.8 Å². The molecule has 12 heteroatoms. The number of fused-ring (bicyclic) bond motifs is 4. The molecule has 1 saturated carbocycles. The Morgan fingerprint density at radius 3 is 2.37 bits per heavy atom. The van der Waals surface area contributed by atoms with Crippen LogP contribution in [0, 0.1) is 17.8 Å².